The zero-order valence-corrected chi connectivity index (χ0v) is 21.8. The van der Waals surface area contributed by atoms with E-state index in [1.165, 1.54) is 11.5 Å². The number of para-hydroxylation sites is 2. The van der Waals surface area contributed by atoms with Gasteiger partial charge in [-0.15, -0.1) is 0 Å². The van der Waals surface area contributed by atoms with Crippen LogP contribution in [0.15, 0.2) is 54.7 Å². The minimum atomic E-state index is -0.256. The van der Waals surface area contributed by atoms with Crippen LogP contribution in [0, 0.1) is 6.92 Å². The highest BCUT2D eigenvalue weighted by Crippen LogP contribution is 2.24. The second kappa shape index (κ2) is 11.4. The molecule has 4 rings (SSSR count). The molecule has 4 aromatic rings. The molecule has 2 amide bonds. The van der Waals surface area contributed by atoms with E-state index in [1.807, 2.05) is 45.3 Å². The average molecular weight is 503 g/mol. The number of anilines is 1. The number of nitrogens with one attached hydrogen (secondary N) is 1. The number of carbonyl (C=O) groups excluding carboxylic acids is 2. The number of carbonyl (C=O) groups is 2. The third-order valence-electron chi connectivity index (χ3n) is 5.81. The molecule has 0 aliphatic heterocycles. The van der Waals surface area contributed by atoms with Crippen LogP contribution in [0.3, 0.4) is 0 Å². The van der Waals surface area contributed by atoms with Crippen LogP contribution >= 0.6 is 11.5 Å². The summed E-state index contributed by atoms with van der Waals surface area (Å²) in [5.74, 6) is -0.331. The lowest BCUT2D eigenvalue weighted by Gasteiger charge is -2.19. The minimum Gasteiger partial charge on any atom is -0.342 e. The van der Waals surface area contributed by atoms with Crippen LogP contribution in [0.5, 0.6) is 0 Å². The maximum atomic E-state index is 13.3. The number of aromatic nitrogens is 3. The van der Waals surface area contributed by atoms with Crippen LogP contribution in [-0.2, 0) is 6.42 Å². The van der Waals surface area contributed by atoms with Crippen LogP contribution in [-0.4, -0.2) is 70.2 Å². The summed E-state index contributed by atoms with van der Waals surface area (Å²) in [6, 6.07) is 14.7. The Balaban J connectivity index is 1.47. The molecular weight excluding hydrogens is 472 g/mol. The summed E-state index contributed by atoms with van der Waals surface area (Å²) in [6.45, 7) is 3.40. The number of aryl methyl sites for hydroxylation is 1. The first-order valence-corrected chi connectivity index (χ1v) is 12.6. The summed E-state index contributed by atoms with van der Waals surface area (Å²) in [6.07, 6.45) is 3.09. The number of fused-ring (bicyclic) bond motifs is 1. The number of amides is 2. The maximum absolute atomic E-state index is 13.3. The standard InChI is InChI=1S/C27H30N6O2S/c1-18-25(24(36-31-18)16-21-17-28-22-11-5-6-12-23(22)29-21)26(34)30-20-10-7-9-19(15-20)27(35)33(4)14-8-13-32(2)3/h5-7,9-12,15,17H,8,13-14,16H2,1-4H3,(H,30,34). The summed E-state index contributed by atoms with van der Waals surface area (Å²) in [5.41, 5.74) is 4.72. The van der Waals surface area contributed by atoms with Crippen LogP contribution in [0.2, 0.25) is 0 Å². The fourth-order valence-corrected chi connectivity index (χ4v) is 4.83. The molecule has 0 saturated carbocycles. The van der Waals surface area contributed by atoms with Crippen molar-refractivity contribution in [1.29, 1.82) is 0 Å². The van der Waals surface area contributed by atoms with E-state index in [2.05, 4.69) is 24.6 Å². The van der Waals surface area contributed by atoms with Gasteiger partial charge in [0.25, 0.3) is 11.8 Å². The van der Waals surface area contributed by atoms with Gasteiger partial charge in [0.2, 0.25) is 0 Å². The van der Waals surface area contributed by atoms with Gasteiger partial charge in [0.15, 0.2) is 0 Å². The fraction of sp³-hybridized carbons (Fsp3) is 0.296. The third kappa shape index (κ3) is 6.10. The fourth-order valence-electron chi connectivity index (χ4n) is 3.94. The van der Waals surface area contributed by atoms with Gasteiger partial charge in [0.1, 0.15) is 0 Å². The van der Waals surface area contributed by atoms with Gasteiger partial charge in [-0.2, -0.15) is 4.37 Å². The smallest absolute Gasteiger partial charge is 0.258 e. The number of benzene rings is 2. The Labute approximate surface area is 215 Å². The molecule has 0 fully saturated rings. The largest absolute Gasteiger partial charge is 0.342 e. The Morgan fingerprint density at radius 3 is 2.56 bits per heavy atom. The van der Waals surface area contributed by atoms with Crippen molar-refractivity contribution in [1.82, 2.24) is 24.1 Å². The molecule has 0 aliphatic carbocycles. The average Bonchev–Trinajstić information content (AvgIpc) is 3.23. The van der Waals surface area contributed by atoms with E-state index in [1.54, 1.807) is 42.4 Å². The Bertz CT molecular complexity index is 1380. The van der Waals surface area contributed by atoms with E-state index in [4.69, 9.17) is 0 Å². The Morgan fingerprint density at radius 2 is 1.78 bits per heavy atom. The zero-order valence-electron chi connectivity index (χ0n) is 21.0. The van der Waals surface area contributed by atoms with Crippen molar-refractivity contribution in [3.63, 3.8) is 0 Å². The second-order valence-corrected chi connectivity index (χ2v) is 9.87. The maximum Gasteiger partial charge on any atom is 0.258 e. The molecule has 2 aromatic carbocycles. The van der Waals surface area contributed by atoms with Crippen molar-refractivity contribution >= 4 is 40.1 Å². The Hall–Kier alpha value is -3.69. The van der Waals surface area contributed by atoms with Crippen molar-refractivity contribution in [3.8, 4) is 0 Å². The molecule has 0 bridgehead atoms. The van der Waals surface area contributed by atoms with E-state index in [-0.39, 0.29) is 11.8 Å². The van der Waals surface area contributed by atoms with Gasteiger partial charge in [-0.3, -0.25) is 14.6 Å². The number of nitrogens with zero attached hydrogens (tertiary/aromatic N) is 5. The van der Waals surface area contributed by atoms with Gasteiger partial charge in [0.05, 0.1) is 28.0 Å². The van der Waals surface area contributed by atoms with Crippen LogP contribution in [0.25, 0.3) is 11.0 Å². The predicted octanol–water partition coefficient (Wildman–Crippen LogP) is 4.26. The highest BCUT2D eigenvalue weighted by atomic mass is 32.1. The SMILES string of the molecule is Cc1nsc(Cc2cnc3ccccc3n2)c1C(=O)Nc1cccc(C(=O)N(C)CCCN(C)C)c1. The third-order valence-corrected chi connectivity index (χ3v) is 6.75. The number of rotatable bonds is 9. The molecule has 1 N–H and O–H groups in total. The van der Waals surface area contributed by atoms with E-state index in [9.17, 15) is 9.59 Å². The molecule has 0 aliphatic rings. The normalized spacial score (nSPS) is 11.1. The zero-order chi connectivity index (χ0) is 25.7. The van der Waals surface area contributed by atoms with Crippen molar-refractivity contribution in [3.05, 3.63) is 82.1 Å². The molecule has 8 nitrogen and oxygen atoms in total. The van der Waals surface area contributed by atoms with Crippen LogP contribution in [0.4, 0.5) is 5.69 Å². The number of hydrogen-bond donors (Lipinski definition) is 1. The molecule has 0 saturated heterocycles. The van der Waals surface area contributed by atoms with E-state index in [0.717, 1.165) is 34.6 Å². The monoisotopic (exact) mass is 502 g/mol. The van der Waals surface area contributed by atoms with Crippen LogP contribution in [0.1, 0.15) is 43.4 Å². The van der Waals surface area contributed by atoms with Crippen molar-refractivity contribution in [2.75, 3.05) is 39.5 Å². The molecule has 9 heteroatoms. The lowest BCUT2D eigenvalue weighted by atomic mass is 10.1. The molecular formula is C27H30N6O2S. The molecule has 2 heterocycles. The summed E-state index contributed by atoms with van der Waals surface area (Å²) >= 11 is 1.29. The molecule has 36 heavy (non-hydrogen) atoms. The molecule has 0 unspecified atom stereocenters. The van der Waals surface area contributed by atoms with Gasteiger partial charge in [-0.05, 0) is 75.8 Å². The predicted molar refractivity (Wildman–Crippen MR) is 144 cm³/mol. The van der Waals surface area contributed by atoms with E-state index >= 15 is 0 Å². The molecule has 0 atom stereocenters. The first-order valence-electron chi connectivity index (χ1n) is 11.8. The molecule has 0 radical (unpaired) electrons. The lowest BCUT2D eigenvalue weighted by molar-refractivity contribution is 0.0790. The van der Waals surface area contributed by atoms with Gasteiger partial charge >= 0.3 is 0 Å². The summed E-state index contributed by atoms with van der Waals surface area (Å²) < 4.78 is 4.42. The first-order chi connectivity index (χ1) is 17.3. The minimum absolute atomic E-state index is 0.0752. The number of hydrogen-bond acceptors (Lipinski definition) is 7. The topological polar surface area (TPSA) is 91.3 Å². The second-order valence-electron chi connectivity index (χ2n) is 9.01. The highest BCUT2D eigenvalue weighted by Gasteiger charge is 2.20. The molecule has 0 spiro atoms. The Morgan fingerprint density at radius 1 is 1.00 bits per heavy atom. The molecule has 2 aromatic heterocycles. The lowest BCUT2D eigenvalue weighted by Crippen LogP contribution is -2.29. The highest BCUT2D eigenvalue weighted by molar-refractivity contribution is 7.06. The van der Waals surface area contributed by atoms with E-state index < -0.39 is 0 Å². The summed E-state index contributed by atoms with van der Waals surface area (Å²) in [7, 11) is 5.82. The Kier molecular flexibility index (Phi) is 8.02. The van der Waals surface area contributed by atoms with Gasteiger partial charge in [-0.25, -0.2) is 4.98 Å². The first kappa shape index (κ1) is 25.4. The summed E-state index contributed by atoms with van der Waals surface area (Å²) in [4.78, 5) is 39.9. The van der Waals surface area contributed by atoms with Gasteiger partial charge in [0, 0.05) is 42.3 Å². The van der Waals surface area contributed by atoms with Crippen molar-refractivity contribution in [2.45, 2.75) is 19.8 Å². The van der Waals surface area contributed by atoms with Crippen molar-refractivity contribution in [2.24, 2.45) is 0 Å². The van der Waals surface area contributed by atoms with Crippen molar-refractivity contribution < 1.29 is 9.59 Å². The summed E-state index contributed by atoms with van der Waals surface area (Å²) in [5, 5.41) is 2.95. The quantitative estimate of drug-likeness (QED) is 0.368. The van der Waals surface area contributed by atoms with Crippen LogP contribution < -0.4 is 5.32 Å². The van der Waals surface area contributed by atoms with Gasteiger partial charge < -0.3 is 15.1 Å². The van der Waals surface area contributed by atoms with Gasteiger partial charge in [-0.1, -0.05) is 18.2 Å². The molecule has 186 valence electrons. The van der Waals surface area contributed by atoms with E-state index in [0.29, 0.717) is 35.5 Å².